The van der Waals surface area contributed by atoms with Crippen LogP contribution in [0.1, 0.15) is 37.3 Å². The van der Waals surface area contributed by atoms with Crippen LogP contribution in [0.4, 0.5) is 0 Å². The Morgan fingerprint density at radius 1 is 1.36 bits per heavy atom. The molecule has 1 fully saturated rings. The monoisotopic (exact) mass is 340 g/mol. The maximum atomic E-state index is 12.8. The molecule has 1 aliphatic heterocycles. The summed E-state index contributed by atoms with van der Waals surface area (Å²) in [5.41, 5.74) is 0.839. The molecule has 5 nitrogen and oxygen atoms in total. The molecule has 1 aromatic carbocycles. The molecule has 118 valence electrons. The third-order valence-electron chi connectivity index (χ3n) is 3.89. The van der Waals surface area contributed by atoms with Crippen LogP contribution in [-0.4, -0.2) is 24.4 Å². The fourth-order valence-corrected chi connectivity index (χ4v) is 4.50. The van der Waals surface area contributed by atoms with Gasteiger partial charge in [0.1, 0.15) is 0 Å². The number of aromatic nitrogens is 1. The number of rotatable bonds is 4. The predicted octanol–water partition coefficient (Wildman–Crippen LogP) is 3.42. The van der Waals surface area contributed by atoms with Crippen molar-refractivity contribution in [2.75, 3.05) is 6.54 Å². The number of hydrogen-bond acceptors (Lipinski definition) is 4. The fraction of sp³-hybridized carbons (Fsp3) is 0.400. The molecular weight excluding hydrogens is 324 g/mol. The van der Waals surface area contributed by atoms with E-state index in [1.54, 1.807) is 12.1 Å². The molecule has 2 aromatic rings. The zero-order valence-electron chi connectivity index (χ0n) is 12.2. The highest BCUT2D eigenvalue weighted by Gasteiger charge is 2.38. The minimum atomic E-state index is -3.56. The van der Waals surface area contributed by atoms with E-state index < -0.39 is 10.0 Å². The first-order chi connectivity index (χ1) is 10.5. The Kier molecular flexibility index (Phi) is 4.25. The van der Waals surface area contributed by atoms with E-state index >= 15 is 0 Å². The Morgan fingerprint density at radius 2 is 2.09 bits per heavy atom. The standard InChI is InChI=1S/C15H17ClN2O3S/c1-2-12-10-15(21-17-12)14-4-3-9-18(14)22(19,20)13-7-5-11(16)6-8-13/h5-8,10,14H,2-4,9H2,1H3. The molecule has 0 N–H and O–H groups in total. The molecule has 1 atom stereocenters. The van der Waals surface area contributed by atoms with Crippen LogP contribution in [-0.2, 0) is 16.4 Å². The number of hydrogen-bond donors (Lipinski definition) is 0. The van der Waals surface area contributed by atoms with Gasteiger partial charge in [-0.15, -0.1) is 0 Å². The molecular formula is C15H17ClN2O3S. The van der Waals surface area contributed by atoms with Crippen LogP contribution < -0.4 is 0 Å². The van der Waals surface area contributed by atoms with Gasteiger partial charge in [0.25, 0.3) is 0 Å². The molecule has 0 aliphatic carbocycles. The van der Waals surface area contributed by atoms with Crippen LogP contribution in [0.2, 0.25) is 5.02 Å². The Balaban J connectivity index is 1.93. The molecule has 0 radical (unpaired) electrons. The van der Waals surface area contributed by atoms with Crippen molar-refractivity contribution in [1.29, 1.82) is 0 Å². The zero-order valence-corrected chi connectivity index (χ0v) is 13.8. The van der Waals surface area contributed by atoms with Crippen molar-refractivity contribution in [3.8, 4) is 0 Å². The van der Waals surface area contributed by atoms with E-state index in [0.717, 1.165) is 25.0 Å². The lowest BCUT2D eigenvalue weighted by Crippen LogP contribution is -2.30. The Morgan fingerprint density at radius 3 is 2.73 bits per heavy atom. The second kappa shape index (κ2) is 6.02. The largest absolute Gasteiger partial charge is 0.359 e. The molecule has 2 heterocycles. The summed E-state index contributed by atoms with van der Waals surface area (Å²) in [6.45, 7) is 2.47. The second-order valence-electron chi connectivity index (χ2n) is 5.30. The van der Waals surface area contributed by atoms with Gasteiger partial charge in [0.2, 0.25) is 10.0 Å². The van der Waals surface area contributed by atoms with E-state index in [2.05, 4.69) is 5.16 Å². The summed E-state index contributed by atoms with van der Waals surface area (Å²) < 4.78 is 32.5. The van der Waals surface area contributed by atoms with Crippen LogP contribution in [0.25, 0.3) is 0 Å². The van der Waals surface area contributed by atoms with Gasteiger partial charge in [0, 0.05) is 17.6 Å². The van der Waals surface area contributed by atoms with E-state index in [1.165, 1.54) is 16.4 Å². The van der Waals surface area contributed by atoms with E-state index in [1.807, 2.05) is 13.0 Å². The van der Waals surface area contributed by atoms with Crippen molar-refractivity contribution in [2.45, 2.75) is 37.1 Å². The molecule has 1 saturated heterocycles. The SMILES string of the molecule is CCc1cc(C2CCCN2S(=O)(=O)c2ccc(Cl)cc2)on1. The third-order valence-corrected chi connectivity index (χ3v) is 6.07. The minimum Gasteiger partial charge on any atom is -0.359 e. The molecule has 0 amide bonds. The first-order valence-corrected chi connectivity index (χ1v) is 9.07. The lowest BCUT2D eigenvalue weighted by Gasteiger charge is -2.22. The normalized spacial score (nSPS) is 19.6. The van der Waals surface area contributed by atoms with Gasteiger partial charge in [-0.05, 0) is 43.5 Å². The van der Waals surface area contributed by atoms with Crippen LogP contribution in [0.5, 0.6) is 0 Å². The van der Waals surface area contributed by atoms with Crippen molar-refractivity contribution in [3.05, 3.63) is 46.8 Å². The number of halogens is 1. The lowest BCUT2D eigenvalue weighted by molar-refractivity contribution is 0.296. The Labute approximate surface area is 134 Å². The average molecular weight is 341 g/mol. The van der Waals surface area contributed by atoms with Crippen LogP contribution in [0, 0.1) is 0 Å². The Hall–Kier alpha value is -1.37. The molecule has 3 rings (SSSR count). The summed E-state index contributed by atoms with van der Waals surface area (Å²) in [5, 5.41) is 4.48. The highest BCUT2D eigenvalue weighted by molar-refractivity contribution is 7.89. The van der Waals surface area contributed by atoms with Crippen molar-refractivity contribution in [2.24, 2.45) is 0 Å². The topological polar surface area (TPSA) is 63.4 Å². The van der Waals surface area contributed by atoms with Gasteiger partial charge in [-0.1, -0.05) is 23.7 Å². The van der Waals surface area contributed by atoms with Gasteiger partial charge < -0.3 is 4.52 Å². The average Bonchev–Trinajstić information content (AvgIpc) is 3.16. The lowest BCUT2D eigenvalue weighted by atomic mass is 10.1. The van der Waals surface area contributed by atoms with Crippen molar-refractivity contribution >= 4 is 21.6 Å². The van der Waals surface area contributed by atoms with Crippen LogP contribution >= 0.6 is 11.6 Å². The highest BCUT2D eigenvalue weighted by atomic mass is 35.5. The summed E-state index contributed by atoms with van der Waals surface area (Å²) in [4.78, 5) is 0.249. The first-order valence-electron chi connectivity index (χ1n) is 7.25. The van der Waals surface area contributed by atoms with Gasteiger partial charge in [0.15, 0.2) is 5.76 Å². The van der Waals surface area contributed by atoms with Gasteiger partial charge in [0.05, 0.1) is 16.6 Å². The van der Waals surface area contributed by atoms with Crippen molar-refractivity contribution in [1.82, 2.24) is 9.46 Å². The number of aryl methyl sites for hydroxylation is 1. The number of benzene rings is 1. The van der Waals surface area contributed by atoms with Crippen molar-refractivity contribution in [3.63, 3.8) is 0 Å². The molecule has 1 unspecified atom stereocenters. The van der Waals surface area contributed by atoms with Crippen LogP contribution in [0.15, 0.2) is 39.8 Å². The summed E-state index contributed by atoms with van der Waals surface area (Å²) in [6.07, 6.45) is 2.31. The van der Waals surface area contributed by atoms with Crippen LogP contribution in [0.3, 0.4) is 0 Å². The van der Waals surface area contributed by atoms with Gasteiger partial charge >= 0.3 is 0 Å². The maximum Gasteiger partial charge on any atom is 0.243 e. The van der Waals surface area contributed by atoms with E-state index in [0.29, 0.717) is 17.3 Å². The summed E-state index contributed by atoms with van der Waals surface area (Å²) >= 11 is 5.83. The van der Waals surface area contributed by atoms with E-state index in [-0.39, 0.29) is 10.9 Å². The molecule has 1 aromatic heterocycles. The first kappa shape index (κ1) is 15.5. The molecule has 0 saturated carbocycles. The van der Waals surface area contributed by atoms with Crippen molar-refractivity contribution < 1.29 is 12.9 Å². The highest BCUT2D eigenvalue weighted by Crippen LogP contribution is 2.36. The summed E-state index contributed by atoms with van der Waals surface area (Å²) in [7, 11) is -3.56. The molecule has 7 heteroatoms. The molecule has 0 bridgehead atoms. The van der Waals surface area contributed by atoms with Gasteiger partial charge in [-0.3, -0.25) is 0 Å². The maximum absolute atomic E-state index is 12.8. The third kappa shape index (κ3) is 2.78. The summed E-state index contributed by atoms with van der Waals surface area (Å²) in [5.74, 6) is 0.617. The quantitative estimate of drug-likeness (QED) is 0.855. The Bertz CT molecular complexity index is 755. The second-order valence-corrected chi connectivity index (χ2v) is 7.63. The fourth-order valence-electron chi connectivity index (χ4n) is 2.71. The molecule has 22 heavy (non-hydrogen) atoms. The zero-order chi connectivity index (χ0) is 15.7. The minimum absolute atomic E-state index is 0.249. The smallest absolute Gasteiger partial charge is 0.243 e. The predicted molar refractivity (Wildman–Crippen MR) is 83.2 cm³/mol. The van der Waals surface area contributed by atoms with Gasteiger partial charge in [-0.25, -0.2) is 8.42 Å². The summed E-state index contributed by atoms with van der Waals surface area (Å²) in [6, 6.07) is 7.80. The number of sulfonamides is 1. The van der Waals surface area contributed by atoms with E-state index in [4.69, 9.17) is 16.1 Å². The number of nitrogens with zero attached hydrogens (tertiary/aromatic N) is 2. The molecule has 0 spiro atoms. The molecule has 1 aliphatic rings. The van der Waals surface area contributed by atoms with E-state index in [9.17, 15) is 8.42 Å². The van der Waals surface area contributed by atoms with Gasteiger partial charge in [-0.2, -0.15) is 4.31 Å².